The largest absolute Gasteiger partial charge is 0.504 e. The summed E-state index contributed by atoms with van der Waals surface area (Å²) in [4.78, 5) is 24.0. The average molecular weight is 390 g/mol. The van der Waals surface area contributed by atoms with Gasteiger partial charge in [0.2, 0.25) is 0 Å². The molecular weight excluding hydrogens is 360 g/mol. The lowest BCUT2D eigenvalue weighted by Gasteiger charge is -2.36. The van der Waals surface area contributed by atoms with Crippen LogP contribution in [0.15, 0.2) is 24.3 Å². The van der Waals surface area contributed by atoms with Crippen molar-refractivity contribution in [3.8, 4) is 11.5 Å². The van der Waals surface area contributed by atoms with Crippen LogP contribution in [-0.2, 0) is 19.1 Å². The van der Waals surface area contributed by atoms with E-state index >= 15 is 0 Å². The topological polar surface area (TPSA) is 82.1 Å². The number of hydrogen-bond acceptors (Lipinski definition) is 6. The monoisotopic (exact) mass is 390 g/mol. The Morgan fingerprint density at radius 2 is 2.04 bits per heavy atom. The molecule has 1 aliphatic carbocycles. The standard InChI is InChI=1S/C22H30O6/c1-14(2)17-8-5-15(3)11-19(17)28-22(25)13-27-21(24)10-7-16-6-9-18(23)20(12-16)26-4/h6-7,9-10,12,14-15,17,19,23H,5,8,11,13H2,1-4H3/b10-7+/t15-,17+,19-/m1/s1. The Bertz CT molecular complexity index is 709. The first-order valence-corrected chi connectivity index (χ1v) is 9.71. The van der Waals surface area contributed by atoms with E-state index < -0.39 is 18.5 Å². The number of hydrogen-bond donors (Lipinski definition) is 1. The third-order valence-electron chi connectivity index (χ3n) is 5.19. The fourth-order valence-electron chi connectivity index (χ4n) is 3.59. The fourth-order valence-corrected chi connectivity index (χ4v) is 3.59. The Kier molecular flexibility index (Phi) is 7.91. The zero-order chi connectivity index (χ0) is 20.7. The number of phenols is 1. The van der Waals surface area contributed by atoms with Crippen molar-refractivity contribution in [2.24, 2.45) is 17.8 Å². The Labute approximate surface area is 166 Å². The van der Waals surface area contributed by atoms with Crippen LogP contribution in [0.2, 0.25) is 0 Å². The summed E-state index contributed by atoms with van der Waals surface area (Å²) in [6.07, 6.45) is 5.68. The number of esters is 2. The SMILES string of the molecule is COc1cc(/C=C/C(=O)OCC(=O)O[C@@H]2C[C@H](C)CC[C@H]2C(C)C)ccc1O. The van der Waals surface area contributed by atoms with E-state index in [1.165, 1.54) is 25.3 Å². The van der Waals surface area contributed by atoms with Crippen LogP contribution >= 0.6 is 0 Å². The molecule has 0 bridgehead atoms. The van der Waals surface area contributed by atoms with E-state index in [0.717, 1.165) is 19.3 Å². The molecule has 28 heavy (non-hydrogen) atoms. The molecule has 0 amide bonds. The van der Waals surface area contributed by atoms with Crippen molar-refractivity contribution in [1.29, 1.82) is 0 Å². The molecule has 1 aliphatic rings. The number of aromatic hydroxyl groups is 1. The number of phenolic OH excluding ortho intramolecular Hbond substituents is 1. The molecule has 3 atom stereocenters. The molecule has 154 valence electrons. The highest BCUT2D eigenvalue weighted by atomic mass is 16.6. The van der Waals surface area contributed by atoms with E-state index in [1.54, 1.807) is 12.1 Å². The average Bonchev–Trinajstić information content (AvgIpc) is 2.65. The summed E-state index contributed by atoms with van der Waals surface area (Å²) in [5, 5.41) is 9.57. The van der Waals surface area contributed by atoms with Crippen molar-refractivity contribution in [1.82, 2.24) is 0 Å². The Morgan fingerprint density at radius 1 is 1.29 bits per heavy atom. The van der Waals surface area contributed by atoms with Crippen LogP contribution in [0.5, 0.6) is 11.5 Å². The van der Waals surface area contributed by atoms with E-state index in [2.05, 4.69) is 20.8 Å². The highest BCUT2D eigenvalue weighted by Crippen LogP contribution is 2.35. The van der Waals surface area contributed by atoms with Crippen molar-refractivity contribution in [2.75, 3.05) is 13.7 Å². The first-order chi connectivity index (χ1) is 13.3. The molecule has 1 N–H and O–H groups in total. The maximum absolute atomic E-state index is 12.1. The van der Waals surface area contributed by atoms with Gasteiger partial charge in [0, 0.05) is 6.08 Å². The van der Waals surface area contributed by atoms with Gasteiger partial charge in [0.15, 0.2) is 18.1 Å². The van der Waals surface area contributed by atoms with Gasteiger partial charge in [-0.15, -0.1) is 0 Å². The molecule has 1 aromatic carbocycles. The van der Waals surface area contributed by atoms with E-state index in [4.69, 9.17) is 14.2 Å². The van der Waals surface area contributed by atoms with Crippen molar-refractivity contribution < 1.29 is 28.9 Å². The molecule has 1 fully saturated rings. The van der Waals surface area contributed by atoms with Crippen LogP contribution in [0.1, 0.15) is 45.6 Å². The smallest absolute Gasteiger partial charge is 0.344 e. The van der Waals surface area contributed by atoms with Crippen LogP contribution < -0.4 is 4.74 Å². The molecule has 0 saturated heterocycles. The van der Waals surface area contributed by atoms with Crippen molar-refractivity contribution >= 4 is 18.0 Å². The molecule has 1 aromatic rings. The van der Waals surface area contributed by atoms with Gasteiger partial charge in [-0.25, -0.2) is 9.59 Å². The summed E-state index contributed by atoms with van der Waals surface area (Å²) >= 11 is 0. The maximum atomic E-state index is 12.1. The zero-order valence-electron chi connectivity index (χ0n) is 17.0. The van der Waals surface area contributed by atoms with Crippen LogP contribution in [0.25, 0.3) is 6.08 Å². The molecule has 0 unspecified atom stereocenters. The third-order valence-corrected chi connectivity index (χ3v) is 5.19. The van der Waals surface area contributed by atoms with Crippen LogP contribution in [0, 0.1) is 17.8 Å². The maximum Gasteiger partial charge on any atom is 0.344 e. The number of carbonyl (C=O) groups excluding carboxylic acids is 2. The van der Waals surface area contributed by atoms with E-state index in [0.29, 0.717) is 29.1 Å². The highest BCUT2D eigenvalue weighted by Gasteiger charge is 2.33. The Morgan fingerprint density at radius 3 is 2.71 bits per heavy atom. The lowest BCUT2D eigenvalue weighted by molar-refractivity contribution is -0.165. The Balaban J connectivity index is 1.84. The van der Waals surface area contributed by atoms with Crippen LogP contribution in [0.3, 0.4) is 0 Å². The summed E-state index contributed by atoms with van der Waals surface area (Å²) in [7, 11) is 1.44. The van der Waals surface area contributed by atoms with Gasteiger partial charge in [-0.05, 0) is 54.4 Å². The van der Waals surface area contributed by atoms with Gasteiger partial charge in [-0.3, -0.25) is 0 Å². The minimum atomic E-state index is -0.638. The fraction of sp³-hybridized carbons (Fsp3) is 0.545. The summed E-state index contributed by atoms with van der Waals surface area (Å²) < 4.78 is 15.6. The molecular formula is C22H30O6. The number of benzene rings is 1. The van der Waals surface area contributed by atoms with Gasteiger partial charge in [0.25, 0.3) is 0 Å². The molecule has 1 saturated carbocycles. The molecule has 0 radical (unpaired) electrons. The summed E-state index contributed by atoms with van der Waals surface area (Å²) in [6.45, 7) is 6.05. The second-order valence-corrected chi connectivity index (χ2v) is 7.73. The van der Waals surface area contributed by atoms with E-state index in [-0.39, 0.29) is 11.9 Å². The molecule has 0 aliphatic heterocycles. The summed E-state index contributed by atoms with van der Waals surface area (Å²) in [5.41, 5.74) is 0.658. The van der Waals surface area contributed by atoms with Gasteiger partial charge in [-0.2, -0.15) is 0 Å². The van der Waals surface area contributed by atoms with Gasteiger partial charge in [0.05, 0.1) is 7.11 Å². The second-order valence-electron chi connectivity index (χ2n) is 7.73. The predicted molar refractivity (Wildman–Crippen MR) is 106 cm³/mol. The number of rotatable bonds is 7. The number of carbonyl (C=O) groups is 2. The molecule has 2 rings (SSSR count). The van der Waals surface area contributed by atoms with E-state index in [1.807, 2.05) is 0 Å². The zero-order valence-corrected chi connectivity index (χ0v) is 17.0. The lowest BCUT2D eigenvalue weighted by atomic mass is 9.75. The van der Waals surface area contributed by atoms with Crippen LogP contribution in [-0.4, -0.2) is 36.9 Å². The van der Waals surface area contributed by atoms with Crippen molar-refractivity contribution in [3.63, 3.8) is 0 Å². The van der Waals surface area contributed by atoms with Gasteiger partial charge in [-0.1, -0.05) is 33.3 Å². The third kappa shape index (κ3) is 6.29. The predicted octanol–water partition coefficient (Wildman–Crippen LogP) is 3.96. The minimum absolute atomic E-state index is 0.0155. The minimum Gasteiger partial charge on any atom is -0.504 e. The first-order valence-electron chi connectivity index (χ1n) is 9.71. The molecule has 0 heterocycles. The highest BCUT2D eigenvalue weighted by molar-refractivity contribution is 5.88. The first kappa shape index (κ1) is 21.8. The summed E-state index contributed by atoms with van der Waals surface area (Å²) in [6, 6.07) is 4.69. The van der Waals surface area contributed by atoms with Crippen molar-refractivity contribution in [2.45, 2.75) is 46.1 Å². The molecule has 0 spiro atoms. The normalized spacial score (nSPS) is 22.2. The van der Waals surface area contributed by atoms with E-state index in [9.17, 15) is 14.7 Å². The van der Waals surface area contributed by atoms with Crippen LogP contribution in [0.4, 0.5) is 0 Å². The van der Waals surface area contributed by atoms with Gasteiger partial charge >= 0.3 is 11.9 Å². The number of ether oxygens (including phenoxy) is 3. The molecule has 6 nitrogen and oxygen atoms in total. The quantitative estimate of drug-likeness (QED) is 0.560. The Hall–Kier alpha value is -2.50. The van der Waals surface area contributed by atoms with Gasteiger partial charge in [0.1, 0.15) is 6.10 Å². The van der Waals surface area contributed by atoms with Crippen molar-refractivity contribution in [3.05, 3.63) is 29.8 Å². The lowest BCUT2D eigenvalue weighted by Crippen LogP contribution is -2.36. The summed E-state index contributed by atoms with van der Waals surface area (Å²) in [5.74, 6) is 0.486. The molecule has 0 aromatic heterocycles. The second kappa shape index (κ2) is 10.2. The number of methoxy groups -OCH3 is 1. The van der Waals surface area contributed by atoms with Gasteiger partial charge < -0.3 is 19.3 Å². The molecule has 6 heteroatoms.